The summed E-state index contributed by atoms with van der Waals surface area (Å²) in [5, 5.41) is 4.23. The highest BCUT2D eigenvalue weighted by Crippen LogP contribution is 2.30. The molecule has 32 heavy (non-hydrogen) atoms. The first-order valence-corrected chi connectivity index (χ1v) is 9.69. The molecule has 1 aromatic carbocycles. The molecule has 0 spiro atoms. The number of benzene rings is 1. The third-order valence-corrected chi connectivity index (χ3v) is 4.73. The van der Waals surface area contributed by atoms with Crippen LogP contribution in [0.5, 0.6) is 5.75 Å². The summed E-state index contributed by atoms with van der Waals surface area (Å²) in [7, 11) is 1.62. The van der Waals surface area contributed by atoms with E-state index in [4.69, 9.17) is 11.2 Å². The van der Waals surface area contributed by atoms with Crippen LogP contribution >= 0.6 is 0 Å². The minimum Gasteiger partial charge on any atom is -0.481 e. The van der Waals surface area contributed by atoms with Crippen molar-refractivity contribution in [2.24, 2.45) is 0 Å². The van der Waals surface area contributed by atoms with E-state index in [9.17, 15) is 18.0 Å². The maximum atomic E-state index is 13.2. The number of terminal acetylenes is 1. The zero-order chi connectivity index (χ0) is 23.5. The van der Waals surface area contributed by atoms with Crippen LogP contribution < -0.4 is 9.64 Å². The van der Waals surface area contributed by atoms with Crippen LogP contribution in [-0.2, 0) is 6.18 Å². The van der Waals surface area contributed by atoms with Crippen molar-refractivity contribution in [1.82, 2.24) is 14.8 Å². The molecule has 0 aliphatic heterocycles. The Morgan fingerprint density at radius 1 is 1.19 bits per heavy atom. The zero-order valence-corrected chi connectivity index (χ0v) is 17.7. The summed E-state index contributed by atoms with van der Waals surface area (Å²) in [6, 6.07) is 9.02. The molecule has 0 saturated carbocycles. The normalized spacial score (nSPS) is 11.3. The van der Waals surface area contributed by atoms with Crippen molar-refractivity contribution in [3.63, 3.8) is 0 Å². The predicted molar refractivity (Wildman–Crippen MR) is 114 cm³/mol. The Bertz CT molecular complexity index is 1130. The van der Waals surface area contributed by atoms with Crippen LogP contribution in [0.2, 0.25) is 0 Å². The second-order valence-electron chi connectivity index (χ2n) is 7.26. The molecule has 0 radical (unpaired) electrons. The van der Waals surface area contributed by atoms with Crippen LogP contribution in [0.3, 0.4) is 0 Å². The molecule has 0 N–H and O–H groups in total. The van der Waals surface area contributed by atoms with E-state index < -0.39 is 11.7 Å². The van der Waals surface area contributed by atoms with Gasteiger partial charge in [-0.25, -0.2) is 9.67 Å². The summed E-state index contributed by atoms with van der Waals surface area (Å²) in [5.41, 5.74) is 0.642. The Labute approximate surface area is 183 Å². The Morgan fingerprint density at radius 3 is 2.41 bits per heavy atom. The lowest BCUT2D eigenvalue weighted by atomic mass is 10.0. The quantitative estimate of drug-likeness (QED) is 0.520. The fourth-order valence-electron chi connectivity index (χ4n) is 3.13. The summed E-state index contributed by atoms with van der Waals surface area (Å²) in [6.07, 6.45) is 2.84. The lowest BCUT2D eigenvalue weighted by molar-refractivity contribution is -0.137. The molecule has 3 rings (SSSR count). The molecule has 0 saturated heterocycles. The van der Waals surface area contributed by atoms with E-state index in [1.54, 1.807) is 31.3 Å². The molecule has 0 atom stereocenters. The summed E-state index contributed by atoms with van der Waals surface area (Å²) in [4.78, 5) is 18.6. The number of pyridine rings is 1. The average Bonchev–Trinajstić information content (AvgIpc) is 3.22. The van der Waals surface area contributed by atoms with Crippen LogP contribution in [0.15, 0.2) is 48.8 Å². The first-order valence-electron chi connectivity index (χ1n) is 9.69. The van der Waals surface area contributed by atoms with E-state index in [0.29, 0.717) is 22.7 Å². The van der Waals surface area contributed by atoms with Crippen molar-refractivity contribution < 1.29 is 22.7 Å². The minimum absolute atomic E-state index is 0.142. The number of hydrogen-bond acceptors (Lipinski definition) is 4. The second-order valence-corrected chi connectivity index (χ2v) is 7.26. The monoisotopic (exact) mass is 442 g/mol. The third-order valence-electron chi connectivity index (χ3n) is 4.73. The van der Waals surface area contributed by atoms with Gasteiger partial charge in [0.25, 0.3) is 5.91 Å². The molecule has 0 aliphatic rings. The van der Waals surface area contributed by atoms with E-state index in [-0.39, 0.29) is 24.2 Å². The molecule has 9 heteroatoms. The van der Waals surface area contributed by atoms with Gasteiger partial charge in [-0.05, 0) is 42.3 Å². The van der Waals surface area contributed by atoms with Gasteiger partial charge in [0.1, 0.15) is 12.4 Å². The first-order chi connectivity index (χ1) is 15.1. The van der Waals surface area contributed by atoms with Crippen LogP contribution in [-0.4, -0.2) is 34.3 Å². The number of carbonyl (C=O) groups excluding carboxylic acids is 1. The minimum atomic E-state index is -4.48. The topological polar surface area (TPSA) is 60.2 Å². The zero-order valence-electron chi connectivity index (χ0n) is 17.7. The molecule has 0 aliphatic carbocycles. The van der Waals surface area contributed by atoms with Crippen molar-refractivity contribution >= 4 is 11.6 Å². The molecule has 0 bridgehead atoms. The summed E-state index contributed by atoms with van der Waals surface area (Å²) in [5.74, 6) is 2.69. The maximum absolute atomic E-state index is 13.2. The van der Waals surface area contributed by atoms with Gasteiger partial charge in [0.2, 0.25) is 0 Å². The molecule has 2 aromatic heterocycles. The summed E-state index contributed by atoms with van der Waals surface area (Å²) < 4.78 is 45.3. The van der Waals surface area contributed by atoms with Crippen LogP contribution in [0.1, 0.15) is 41.4 Å². The summed E-state index contributed by atoms with van der Waals surface area (Å²) in [6.45, 7) is 3.88. The standard InChI is InChI=1S/C23H21F3N4O2/c1-5-12-32-18-9-7-17(8-10-18)29(4)22(31)19-14-28-30(21(19)15(2)3)20-11-6-16(13-27-20)23(24,25)26/h1,6-11,13-15H,12H2,2-4H3. The number of hydrogen-bond donors (Lipinski definition) is 0. The van der Waals surface area contributed by atoms with Crippen LogP contribution in [0.25, 0.3) is 5.82 Å². The lowest BCUT2D eigenvalue weighted by Gasteiger charge is -2.19. The summed E-state index contributed by atoms with van der Waals surface area (Å²) >= 11 is 0. The van der Waals surface area contributed by atoms with Crippen molar-refractivity contribution in [2.45, 2.75) is 25.9 Å². The Balaban J connectivity index is 1.90. The number of rotatable bonds is 6. The maximum Gasteiger partial charge on any atom is 0.417 e. The van der Waals surface area contributed by atoms with Crippen molar-refractivity contribution in [3.8, 4) is 23.9 Å². The van der Waals surface area contributed by atoms with Gasteiger partial charge in [-0.1, -0.05) is 19.8 Å². The van der Waals surface area contributed by atoms with Gasteiger partial charge in [0.15, 0.2) is 5.82 Å². The first kappa shape index (κ1) is 22.9. The number of alkyl halides is 3. The van der Waals surface area contributed by atoms with Crippen molar-refractivity contribution in [2.75, 3.05) is 18.6 Å². The fourth-order valence-corrected chi connectivity index (χ4v) is 3.13. The molecule has 166 valence electrons. The number of ether oxygens (including phenoxy) is 1. The third kappa shape index (κ3) is 4.75. The largest absolute Gasteiger partial charge is 0.481 e. The highest BCUT2D eigenvalue weighted by molar-refractivity contribution is 6.06. The average molecular weight is 442 g/mol. The lowest BCUT2D eigenvalue weighted by Crippen LogP contribution is -2.27. The molecule has 0 fully saturated rings. The SMILES string of the molecule is C#CCOc1ccc(N(C)C(=O)c2cnn(-c3ccc(C(F)(F)F)cn3)c2C(C)C)cc1. The molecule has 1 amide bonds. The smallest absolute Gasteiger partial charge is 0.417 e. The van der Waals surface area contributed by atoms with Gasteiger partial charge in [-0.3, -0.25) is 4.79 Å². The number of anilines is 1. The van der Waals surface area contributed by atoms with Gasteiger partial charge in [0, 0.05) is 18.9 Å². The fraction of sp³-hybridized carbons (Fsp3) is 0.261. The van der Waals surface area contributed by atoms with Crippen molar-refractivity contribution in [1.29, 1.82) is 0 Å². The molecule has 3 aromatic rings. The van der Waals surface area contributed by atoms with Gasteiger partial charge in [-0.15, -0.1) is 6.42 Å². The van der Waals surface area contributed by atoms with E-state index in [1.807, 2.05) is 13.8 Å². The Hall–Kier alpha value is -3.80. The molecule has 2 heterocycles. The highest BCUT2D eigenvalue weighted by Gasteiger charge is 2.31. The van der Waals surface area contributed by atoms with Gasteiger partial charge in [-0.2, -0.15) is 18.3 Å². The van der Waals surface area contributed by atoms with Gasteiger partial charge in [0.05, 0.1) is 23.0 Å². The molecule has 6 nitrogen and oxygen atoms in total. The van der Waals surface area contributed by atoms with Gasteiger partial charge >= 0.3 is 6.18 Å². The Kier molecular flexibility index (Phi) is 6.53. The molecular weight excluding hydrogens is 421 g/mol. The number of halogens is 3. The van der Waals surface area contributed by atoms with Crippen LogP contribution in [0.4, 0.5) is 18.9 Å². The van der Waals surface area contributed by atoms with Crippen LogP contribution in [0, 0.1) is 12.3 Å². The Morgan fingerprint density at radius 2 is 1.88 bits per heavy atom. The van der Waals surface area contributed by atoms with E-state index >= 15 is 0 Å². The highest BCUT2D eigenvalue weighted by atomic mass is 19.4. The van der Waals surface area contributed by atoms with E-state index in [0.717, 1.165) is 12.3 Å². The number of amides is 1. The van der Waals surface area contributed by atoms with Gasteiger partial charge < -0.3 is 9.64 Å². The predicted octanol–water partition coefficient (Wildman–Crippen LogP) is 4.70. The van der Waals surface area contributed by atoms with E-state index in [2.05, 4.69) is 16.0 Å². The molecular formula is C23H21F3N4O2. The number of aromatic nitrogens is 3. The molecule has 0 unspecified atom stereocenters. The number of nitrogens with zero attached hydrogens (tertiary/aromatic N) is 4. The van der Waals surface area contributed by atoms with E-state index in [1.165, 1.54) is 21.8 Å². The number of carbonyl (C=O) groups is 1. The second kappa shape index (κ2) is 9.14. The van der Waals surface area contributed by atoms with Crippen molar-refractivity contribution in [3.05, 3.63) is 65.6 Å².